The molecule has 0 amide bonds. The molecule has 0 aromatic carbocycles. The minimum Gasteiger partial charge on any atom is -0.465 e. The van der Waals surface area contributed by atoms with Gasteiger partial charge in [0.1, 0.15) is 33.0 Å². The molecule has 0 aliphatic heterocycles. The van der Waals surface area contributed by atoms with Gasteiger partial charge in [0.2, 0.25) is 0 Å². The first kappa shape index (κ1) is 33.2. The van der Waals surface area contributed by atoms with Crippen LogP contribution in [0.25, 0.3) is 0 Å². The lowest BCUT2D eigenvalue weighted by atomic mass is 9.90. The Labute approximate surface area is 215 Å². The quantitative estimate of drug-likeness (QED) is 0.135. The molecule has 0 aliphatic rings. The van der Waals surface area contributed by atoms with Crippen molar-refractivity contribution in [3.05, 3.63) is 50.6 Å². The highest BCUT2D eigenvalue weighted by atomic mass is 16.6. The van der Waals surface area contributed by atoms with E-state index in [2.05, 4.69) is 26.3 Å². The lowest BCUT2D eigenvalue weighted by molar-refractivity contribution is -0.167. The third-order valence-electron chi connectivity index (χ3n) is 4.73. The third-order valence-corrected chi connectivity index (χ3v) is 4.73. The largest absolute Gasteiger partial charge is 0.465 e. The minimum atomic E-state index is -1.42. The van der Waals surface area contributed by atoms with E-state index in [1.165, 1.54) is 0 Å². The van der Waals surface area contributed by atoms with Crippen LogP contribution in [0.3, 0.4) is 0 Å². The molecule has 37 heavy (non-hydrogen) atoms. The monoisotopic (exact) mass is 526 g/mol. The maximum Gasteiger partial charge on any atom is 0.330 e. The highest BCUT2D eigenvalue weighted by molar-refractivity contribution is 5.82. The Kier molecular flexibility index (Phi) is 15.8. The van der Waals surface area contributed by atoms with E-state index in [1.54, 1.807) is 6.92 Å². The molecular weight excluding hydrogens is 492 g/mol. The van der Waals surface area contributed by atoms with E-state index in [1.807, 2.05) is 0 Å². The van der Waals surface area contributed by atoms with Gasteiger partial charge in [-0.05, 0) is 0 Å². The number of hydrogen-bond donors (Lipinski definition) is 1. The van der Waals surface area contributed by atoms with Gasteiger partial charge in [-0.1, -0.05) is 33.2 Å². The summed E-state index contributed by atoms with van der Waals surface area (Å²) in [4.78, 5) is 58.4. The molecule has 0 spiro atoms. The Balaban J connectivity index is 5.91. The molecule has 1 atom stereocenters. The smallest absolute Gasteiger partial charge is 0.330 e. The second-order valence-corrected chi connectivity index (χ2v) is 7.91. The van der Waals surface area contributed by atoms with Crippen LogP contribution in [-0.2, 0) is 52.4 Å². The molecule has 0 saturated carbocycles. The molecule has 1 N–H and O–H groups in total. The molecule has 0 aromatic rings. The van der Waals surface area contributed by atoms with Crippen LogP contribution >= 0.6 is 0 Å². The molecule has 0 aromatic heterocycles. The molecule has 0 rings (SSSR count). The molecule has 0 bridgehead atoms. The molecule has 12 nitrogen and oxygen atoms in total. The van der Waals surface area contributed by atoms with Crippen molar-refractivity contribution in [3.63, 3.8) is 0 Å². The second-order valence-electron chi connectivity index (χ2n) is 7.91. The van der Waals surface area contributed by atoms with E-state index in [-0.39, 0.29) is 26.2 Å². The predicted octanol–water partition coefficient (Wildman–Crippen LogP) is 0.838. The van der Waals surface area contributed by atoms with Crippen LogP contribution in [0, 0.1) is 10.8 Å². The van der Waals surface area contributed by atoms with E-state index < -0.39 is 73.7 Å². The van der Waals surface area contributed by atoms with Crippen molar-refractivity contribution < 1.29 is 57.5 Å². The number of ether oxygens (including phenoxy) is 6. The van der Waals surface area contributed by atoms with Crippen LogP contribution in [0.2, 0.25) is 0 Å². The molecule has 12 heteroatoms. The van der Waals surface area contributed by atoms with E-state index >= 15 is 0 Å². The van der Waals surface area contributed by atoms with Gasteiger partial charge >= 0.3 is 29.8 Å². The highest BCUT2D eigenvalue weighted by Crippen LogP contribution is 2.25. The number of aliphatic hydroxyl groups is 1. The number of rotatable bonds is 20. The summed E-state index contributed by atoms with van der Waals surface area (Å²) in [5.74, 6) is -3.75. The first-order chi connectivity index (χ1) is 17.5. The Hall–Kier alpha value is -3.77. The van der Waals surface area contributed by atoms with Crippen molar-refractivity contribution in [2.45, 2.75) is 13.3 Å². The van der Waals surface area contributed by atoms with Crippen LogP contribution in [0.15, 0.2) is 50.6 Å². The fourth-order valence-electron chi connectivity index (χ4n) is 2.46. The summed E-state index contributed by atoms with van der Waals surface area (Å²) >= 11 is 0. The number of carbonyl (C=O) groups excluding carboxylic acids is 5. The van der Waals surface area contributed by atoms with E-state index in [4.69, 9.17) is 28.4 Å². The Morgan fingerprint density at radius 2 is 0.919 bits per heavy atom. The molecule has 0 fully saturated rings. The van der Waals surface area contributed by atoms with E-state index in [0.29, 0.717) is 0 Å². The van der Waals surface area contributed by atoms with Crippen molar-refractivity contribution in [3.8, 4) is 0 Å². The highest BCUT2D eigenvalue weighted by Gasteiger charge is 2.39. The first-order valence-corrected chi connectivity index (χ1v) is 11.1. The maximum absolute atomic E-state index is 11.7. The fraction of sp³-hybridized carbons (Fsp3) is 0.480. The van der Waals surface area contributed by atoms with Crippen LogP contribution in [0.4, 0.5) is 0 Å². The van der Waals surface area contributed by atoms with Gasteiger partial charge in [-0.15, -0.1) is 0 Å². The maximum atomic E-state index is 11.7. The molecule has 0 saturated heterocycles. The van der Waals surface area contributed by atoms with Gasteiger partial charge in [0.15, 0.2) is 0 Å². The van der Waals surface area contributed by atoms with Crippen molar-refractivity contribution in [2.75, 3.05) is 52.9 Å². The summed E-state index contributed by atoms with van der Waals surface area (Å²) in [5.41, 5.74) is -2.81. The van der Waals surface area contributed by atoms with E-state index in [9.17, 15) is 29.1 Å². The van der Waals surface area contributed by atoms with Gasteiger partial charge in [0.25, 0.3) is 0 Å². The number of carbonyl (C=O) groups is 5. The zero-order chi connectivity index (χ0) is 28.3. The summed E-state index contributed by atoms with van der Waals surface area (Å²) in [7, 11) is 0. The minimum absolute atomic E-state index is 0.0654. The molecule has 0 aliphatic carbocycles. The summed E-state index contributed by atoms with van der Waals surface area (Å²) in [6, 6.07) is 0. The lowest BCUT2D eigenvalue weighted by Gasteiger charge is -2.34. The van der Waals surface area contributed by atoms with Crippen molar-refractivity contribution in [2.24, 2.45) is 10.8 Å². The van der Waals surface area contributed by atoms with Crippen LogP contribution < -0.4 is 0 Å². The Morgan fingerprint density at radius 3 is 1.24 bits per heavy atom. The average Bonchev–Trinajstić information content (AvgIpc) is 2.93. The summed E-state index contributed by atoms with van der Waals surface area (Å²) in [6.07, 6.45) is 3.70. The topological polar surface area (TPSA) is 161 Å². The van der Waals surface area contributed by atoms with Crippen LogP contribution in [0.1, 0.15) is 13.3 Å². The number of hydrogen-bond acceptors (Lipinski definition) is 12. The summed E-state index contributed by atoms with van der Waals surface area (Å²) < 4.78 is 31.3. The second kappa shape index (κ2) is 17.6. The van der Waals surface area contributed by atoms with Crippen molar-refractivity contribution in [1.29, 1.82) is 0 Å². The van der Waals surface area contributed by atoms with Crippen molar-refractivity contribution in [1.82, 2.24) is 0 Å². The van der Waals surface area contributed by atoms with Crippen LogP contribution in [0.5, 0.6) is 0 Å². The Bertz CT molecular complexity index is 787. The van der Waals surface area contributed by atoms with Gasteiger partial charge in [-0.2, -0.15) is 0 Å². The zero-order valence-electron chi connectivity index (χ0n) is 20.9. The average molecular weight is 527 g/mol. The molecule has 1 unspecified atom stereocenters. The molecular formula is C25H34O12. The molecule has 0 radical (unpaired) electrons. The standard InChI is InChI=1S/C25H34O12/c1-6-19(27)33-14-24(11-26,15-34-20(28)7-2)12-32-13-25(16-35-21(29)8-3,17-36-22(30)9-4)18-37-23(31)10-5/h6,8-10,26H,1,3-5,7,11-18H2,2H3. The Morgan fingerprint density at radius 1 is 0.595 bits per heavy atom. The third kappa shape index (κ3) is 13.2. The predicted molar refractivity (Wildman–Crippen MR) is 129 cm³/mol. The normalized spacial score (nSPS) is 12.2. The lowest BCUT2D eigenvalue weighted by Crippen LogP contribution is -2.46. The van der Waals surface area contributed by atoms with Gasteiger partial charge in [-0.25, -0.2) is 19.2 Å². The van der Waals surface area contributed by atoms with Crippen molar-refractivity contribution >= 4 is 29.8 Å². The molecule has 206 valence electrons. The van der Waals surface area contributed by atoms with Gasteiger partial charge < -0.3 is 33.5 Å². The fourth-order valence-corrected chi connectivity index (χ4v) is 2.46. The van der Waals surface area contributed by atoms with Gasteiger partial charge in [0, 0.05) is 30.7 Å². The summed E-state index contributed by atoms with van der Waals surface area (Å²) in [6.45, 7) is 11.4. The molecule has 0 heterocycles. The number of aliphatic hydroxyl groups excluding tert-OH is 1. The van der Waals surface area contributed by atoms with Gasteiger partial charge in [0.05, 0.1) is 30.7 Å². The summed E-state index contributed by atoms with van der Waals surface area (Å²) in [5, 5.41) is 10.1. The van der Waals surface area contributed by atoms with Crippen LogP contribution in [-0.4, -0.2) is 87.8 Å². The number of esters is 5. The zero-order valence-corrected chi connectivity index (χ0v) is 20.9. The SMILES string of the molecule is C=CC(=O)OCC(COCC(CO)(COC(=O)C=C)COC(=O)CC)(COC(=O)C=C)COC(=O)C=C. The first-order valence-electron chi connectivity index (χ1n) is 11.1. The van der Waals surface area contributed by atoms with Gasteiger partial charge in [-0.3, -0.25) is 4.79 Å². The van der Waals surface area contributed by atoms with E-state index in [0.717, 1.165) is 24.3 Å².